The first kappa shape index (κ1) is 33.3. The van der Waals surface area contributed by atoms with E-state index in [1.54, 1.807) is 18.2 Å². The zero-order valence-corrected chi connectivity index (χ0v) is 26.8. The molecule has 46 heavy (non-hydrogen) atoms. The summed E-state index contributed by atoms with van der Waals surface area (Å²) in [6.45, 7) is 6.28. The third kappa shape index (κ3) is 5.34. The van der Waals surface area contributed by atoms with Crippen LogP contribution in [0.3, 0.4) is 0 Å². The van der Waals surface area contributed by atoms with E-state index in [0.29, 0.717) is 37.9 Å². The highest BCUT2D eigenvalue weighted by Crippen LogP contribution is 2.68. The van der Waals surface area contributed by atoms with Gasteiger partial charge in [0.25, 0.3) is 5.91 Å². The molecule has 2 saturated carbocycles. The molecule has 1 aromatic rings. The van der Waals surface area contributed by atoms with Gasteiger partial charge >= 0.3 is 12.1 Å². The molecule has 0 spiro atoms. The summed E-state index contributed by atoms with van der Waals surface area (Å²) in [4.78, 5) is 32.6. The summed E-state index contributed by atoms with van der Waals surface area (Å²) in [5, 5.41) is 11.1. The number of hydrogen-bond donors (Lipinski definition) is 1. The summed E-state index contributed by atoms with van der Waals surface area (Å²) in [6, 6.07) is 7.39. The monoisotopic (exact) mass is 649 g/mol. The largest absolute Gasteiger partial charge is 0.456 e. The van der Waals surface area contributed by atoms with E-state index in [2.05, 4.69) is 9.80 Å². The molecule has 6 rings (SSSR count). The molecule has 3 fully saturated rings. The number of aliphatic hydroxyl groups is 1. The molecule has 1 aromatic carbocycles. The Hall–Kier alpha value is -2.63. The van der Waals surface area contributed by atoms with Crippen molar-refractivity contribution in [3.63, 3.8) is 0 Å². The van der Waals surface area contributed by atoms with Crippen LogP contribution in [0.25, 0.3) is 0 Å². The third-order valence-electron chi connectivity index (χ3n) is 11.9. The first-order valence-corrected chi connectivity index (χ1v) is 16.5. The molecular weight excluding hydrogens is 605 g/mol. The Bertz CT molecular complexity index is 1430. The molecule has 5 aliphatic rings. The Kier molecular flexibility index (Phi) is 8.54. The molecule has 6 nitrogen and oxygen atoms in total. The molecule has 11 heteroatoms. The van der Waals surface area contributed by atoms with Crippen LogP contribution in [0.15, 0.2) is 47.1 Å². The Morgan fingerprint density at radius 3 is 2.30 bits per heavy atom. The minimum atomic E-state index is -5.84. The molecule has 0 aromatic heterocycles. The molecule has 0 radical (unpaired) electrons. The number of rotatable bonds is 6. The number of nitrogens with zero attached hydrogens (tertiary/aromatic N) is 3. The van der Waals surface area contributed by atoms with E-state index < -0.39 is 35.5 Å². The highest BCUT2D eigenvalue weighted by Gasteiger charge is 2.78. The molecular formula is C35H44F5N3O3. The second kappa shape index (κ2) is 11.8. The van der Waals surface area contributed by atoms with Crippen molar-refractivity contribution in [1.29, 1.82) is 0 Å². The van der Waals surface area contributed by atoms with Gasteiger partial charge in [-0.05, 0) is 99.4 Å². The fourth-order valence-corrected chi connectivity index (χ4v) is 9.24. The number of halogens is 5. The Balaban J connectivity index is 1.23. The molecule has 2 unspecified atom stereocenters. The second-order valence-electron chi connectivity index (χ2n) is 14.5. The van der Waals surface area contributed by atoms with Crippen molar-refractivity contribution < 1.29 is 36.6 Å². The molecule has 1 N–H and O–H groups in total. The van der Waals surface area contributed by atoms with Crippen molar-refractivity contribution >= 4 is 11.7 Å². The maximum atomic E-state index is 14.9. The number of carbonyl (C=O) groups excluding carboxylic acids is 2. The van der Waals surface area contributed by atoms with Gasteiger partial charge in [0.1, 0.15) is 5.60 Å². The zero-order chi connectivity index (χ0) is 33.2. The van der Waals surface area contributed by atoms with Crippen LogP contribution in [0, 0.1) is 17.3 Å². The number of alkyl halides is 5. The minimum absolute atomic E-state index is 0.00389. The van der Waals surface area contributed by atoms with E-state index in [1.807, 2.05) is 31.1 Å². The van der Waals surface area contributed by atoms with Crippen LogP contribution in [-0.2, 0) is 4.79 Å². The van der Waals surface area contributed by atoms with Crippen LogP contribution in [0.1, 0.15) is 73.7 Å². The number of carbonyl (C=O) groups is 2. The number of ketones is 1. The van der Waals surface area contributed by atoms with Gasteiger partial charge in [0.05, 0.1) is 0 Å². The minimum Gasteiger partial charge on any atom is -0.383 e. The maximum Gasteiger partial charge on any atom is 0.456 e. The molecule has 1 aliphatic heterocycles. The van der Waals surface area contributed by atoms with E-state index in [9.17, 15) is 36.6 Å². The Labute approximate surface area is 267 Å². The van der Waals surface area contributed by atoms with E-state index >= 15 is 0 Å². The molecule has 252 valence electrons. The van der Waals surface area contributed by atoms with Gasteiger partial charge in [0.2, 0.25) is 0 Å². The number of fused-ring (bicyclic) bond motifs is 4. The first-order valence-electron chi connectivity index (χ1n) is 16.5. The van der Waals surface area contributed by atoms with Gasteiger partial charge in [-0.3, -0.25) is 14.5 Å². The number of piperazine rings is 1. The molecule has 5 atom stereocenters. The van der Waals surface area contributed by atoms with Crippen LogP contribution in [0.4, 0.5) is 22.0 Å². The molecule has 4 aliphatic carbocycles. The average Bonchev–Trinajstić information content (AvgIpc) is 3.30. The van der Waals surface area contributed by atoms with Gasteiger partial charge in [-0.25, -0.2) is 0 Å². The molecule has 1 amide bonds. The predicted octanol–water partition coefficient (Wildman–Crippen LogP) is 5.83. The van der Waals surface area contributed by atoms with Crippen LogP contribution in [0.2, 0.25) is 0 Å². The highest BCUT2D eigenvalue weighted by molar-refractivity contribution is 5.95. The Morgan fingerprint density at radius 2 is 1.67 bits per heavy atom. The van der Waals surface area contributed by atoms with Gasteiger partial charge in [-0.2, -0.15) is 22.0 Å². The number of amides is 1. The fourth-order valence-electron chi connectivity index (χ4n) is 9.24. The molecule has 1 saturated heterocycles. The van der Waals surface area contributed by atoms with Crippen LogP contribution in [0.5, 0.6) is 0 Å². The topological polar surface area (TPSA) is 64.1 Å². The fraction of sp³-hybridized carbons (Fsp3) is 0.657. The number of hydrogen-bond acceptors (Lipinski definition) is 5. The lowest BCUT2D eigenvalue weighted by molar-refractivity contribution is -0.362. The quantitative estimate of drug-likeness (QED) is 0.393. The van der Waals surface area contributed by atoms with E-state index in [-0.39, 0.29) is 42.8 Å². The smallest absolute Gasteiger partial charge is 0.383 e. The van der Waals surface area contributed by atoms with E-state index in [1.165, 1.54) is 6.92 Å². The van der Waals surface area contributed by atoms with Crippen LogP contribution in [-0.4, -0.2) is 103 Å². The predicted molar refractivity (Wildman–Crippen MR) is 164 cm³/mol. The first-order chi connectivity index (χ1) is 21.6. The van der Waals surface area contributed by atoms with E-state index in [4.69, 9.17) is 0 Å². The van der Waals surface area contributed by atoms with Crippen molar-refractivity contribution in [3.8, 4) is 0 Å². The number of allylic oxidation sites excluding steroid dienone is 4. The summed E-state index contributed by atoms with van der Waals surface area (Å²) in [7, 11) is 4.08. The third-order valence-corrected chi connectivity index (χ3v) is 11.9. The van der Waals surface area contributed by atoms with Crippen molar-refractivity contribution in [2.45, 2.75) is 75.5 Å². The van der Waals surface area contributed by atoms with Gasteiger partial charge in [-0.1, -0.05) is 24.6 Å². The summed E-state index contributed by atoms with van der Waals surface area (Å²) < 4.78 is 70.4. The van der Waals surface area contributed by atoms with Gasteiger partial charge < -0.3 is 14.9 Å². The lowest BCUT2D eigenvalue weighted by Gasteiger charge is -2.53. The zero-order valence-electron chi connectivity index (χ0n) is 26.8. The molecule has 0 bridgehead atoms. The number of benzene rings is 1. The van der Waals surface area contributed by atoms with Gasteiger partial charge in [-0.15, -0.1) is 0 Å². The SMILES string of the molecule is CN(C)CCN1CCN(C(=O)c2ccc(C3CC(=O)C=C4CC[C@@H]5C(=C43)CC[C@@]3(C)[C@H]5CCC3(O)C(F)(F)C(F)(F)F)cc2)CC1. The molecule has 1 heterocycles. The van der Waals surface area contributed by atoms with Gasteiger partial charge in [0.15, 0.2) is 5.78 Å². The summed E-state index contributed by atoms with van der Waals surface area (Å²) in [6.07, 6.45) is -3.08. The maximum absolute atomic E-state index is 14.9. The van der Waals surface area contributed by atoms with Crippen molar-refractivity contribution in [1.82, 2.24) is 14.7 Å². The second-order valence-corrected chi connectivity index (χ2v) is 14.5. The van der Waals surface area contributed by atoms with Crippen molar-refractivity contribution in [2.24, 2.45) is 17.3 Å². The lowest BCUT2D eigenvalue weighted by atomic mass is 9.53. The normalized spacial score (nSPS) is 32.3. The van der Waals surface area contributed by atoms with Crippen LogP contribution < -0.4 is 0 Å². The standard InChI is InChI=1S/C35H44F5N3O3/c1-32-12-10-27-26(29(32)11-13-33(32,46)34(36,37)35(38,39)40)9-8-24-20-25(44)21-28(30(24)27)22-4-6-23(7-5-22)31(45)43-18-16-42(17-19-43)15-14-41(2)3/h4-7,20,26,28-29,46H,8-19,21H2,1-3H3/t26-,28?,29+,32+,33?/m1/s1. The number of likely N-dealkylation sites (N-methyl/N-ethyl adjacent to an activating group) is 1. The summed E-state index contributed by atoms with van der Waals surface area (Å²) in [5.41, 5.74) is -0.357. The lowest BCUT2D eigenvalue weighted by Crippen LogP contribution is -2.64. The summed E-state index contributed by atoms with van der Waals surface area (Å²) >= 11 is 0. The highest BCUT2D eigenvalue weighted by atomic mass is 19.4. The van der Waals surface area contributed by atoms with Crippen LogP contribution >= 0.6 is 0 Å². The summed E-state index contributed by atoms with van der Waals surface area (Å²) in [5.74, 6) is -6.30. The van der Waals surface area contributed by atoms with Crippen molar-refractivity contribution in [2.75, 3.05) is 53.4 Å². The van der Waals surface area contributed by atoms with Crippen molar-refractivity contribution in [3.05, 3.63) is 58.2 Å². The van der Waals surface area contributed by atoms with E-state index in [0.717, 1.165) is 48.5 Å². The van der Waals surface area contributed by atoms with Gasteiger partial charge in [0, 0.05) is 62.6 Å². The Morgan fingerprint density at radius 1 is 1.00 bits per heavy atom. The average molecular weight is 650 g/mol.